The highest BCUT2D eigenvalue weighted by Gasteiger charge is 2.39. The van der Waals surface area contributed by atoms with Crippen LogP contribution in [0.15, 0.2) is 63.3 Å². The monoisotopic (exact) mass is 622 g/mol. The Morgan fingerprint density at radius 2 is 0.738 bits per heavy atom. The van der Waals surface area contributed by atoms with Crippen molar-refractivity contribution in [2.24, 2.45) is 10.8 Å². The normalized spacial score (nSPS) is 10.9. The Kier molecular flexibility index (Phi) is 20.0. The van der Waals surface area contributed by atoms with Crippen LogP contribution in [0.2, 0.25) is 0 Å². The average molecular weight is 623 g/mol. The molecule has 42 heavy (non-hydrogen) atoms. The van der Waals surface area contributed by atoms with E-state index < -0.39 is 88.1 Å². The molecular formula is C25H35O16P. The summed E-state index contributed by atoms with van der Waals surface area (Å²) < 4.78 is 40.0. The van der Waals surface area contributed by atoms with Gasteiger partial charge < -0.3 is 48.2 Å². The molecule has 0 rings (SSSR count). The second kappa shape index (κ2) is 20.9. The summed E-state index contributed by atoms with van der Waals surface area (Å²) in [5.41, 5.74) is -2.87. The van der Waals surface area contributed by atoms with Gasteiger partial charge in [-0.05, 0) is 0 Å². The van der Waals surface area contributed by atoms with E-state index in [9.17, 15) is 29.1 Å². The zero-order valence-corrected chi connectivity index (χ0v) is 23.6. The highest BCUT2D eigenvalue weighted by atomic mass is 31.2. The van der Waals surface area contributed by atoms with Crippen LogP contribution in [0.4, 0.5) is 0 Å². The number of aliphatic hydroxyl groups is 1. The number of carbonyl (C=O) groups is 5. The maximum Gasteiger partial charge on any atom is 0.466 e. The van der Waals surface area contributed by atoms with Crippen molar-refractivity contribution in [1.29, 1.82) is 0 Å². The molecule has 0 atom stereocenters. The van der Waals surface area contributed by atoms with Gasteiger partial charge in [0.2, 0.25) is 0 Å². The largest absolute Gasteiger partial charge is 0.466 e. The van der Waals surface area contributed by atoms with Crippen LogP contribution in [0.1, 0.15) is 0 Å². The van der Waals surface area contributed by atoms with Crippen LogP contribution in [-0.4, -0.2) is 102 Å². The molecule has 0 aromatic heterocycles. The molecule has 0 saturated heterocycles. The Labute approximate surface area is 241 Å². The van der Waals surface area contributed by atoms with Gasteiger partial charge >= 0.3 is 37.7 Å². The minimum Gasteiger partial charge on any atom is -0.462 e. The number of hydrogen-bond donors (Lipinski definition) is 4. The first-order valence-electron chi connectivity index (χ1n) is 11.5. The molecule has 4 N–H and O–H groups in total. The Morgan fingerprint density at radius 3 is 0.952 bits per heavy atom. The van der Waals surface area contributed by atoms with Gasteiger partial charge in [-0.3, -0.25) is 0 Å². The SMILES string of the molecule is C=CC(=O)OCC(CO)(COCC(COC(=O)C=C)(COC(=O)C=C)COC(=O)C=C)COC(=O)C=C.O=P(O)(O)O. The van der Waals surface area contributed by atoms with Crippen molar-refractivity contribution in [2.75, 3.05) is 52.9 Å². The van der Waals surface area contributed by atoms with E-state index in [4.69, 9.17) is 47.7 Å². The molecule has 0 aromatic carbocycles. The van der Waals surface area contributed by atoms with Gasteiger partial charge in [0.05, 0.1) is 30.7 Å². The summed E-state index contributed by atoms with van der Waals surface area (Å²) in [4.78, 5) is 79.8. The molecule has 0 aromatic rings. The number of carbonyl (C=O) groups excluding carboxylic acids is 5. The lowest BCUT2D eigenvalue weighted by molar-refractivity contribution is -0.166. The molecule has 16 nitrogen and oxygen atoms in total. The number of hydrogen-bond acceptors (Lipinski definition) is 13. The summed E-state index contributed by atoms with van der Waals surface area (Å²) in [7, 11) is -4.64. The number of ether oxygens (including phenoxy) is 6. The molecule has 0 aliphatic carbocycles. The molecule has 236 valence electrons. The third kappa shape index (κ3) is 20.0. The van der Waals surface area contributed by atoms with Crippen LogP contribution in [-0.2, 0) is 57.0 Å². The summed E-state index contributed by atoms with van der Waals surface area (Å²) in [5, 5.41) is 10.0. The third-order valence-electron chi connectivity index (χ3n) is 4.59. The third-order valence-corrected chi connectivity index (χ3v) is 4.59. The van der Waals surface area contributed by atoms with E-state index >= 15 is 0 Å². The van der Waals surface area contributed by atoms with Gasteiger partial charge in [-0.25, -0.2) is 28.5 Å². The smallest absolute Gasteiger partial charge is 0.462 e. The van der Waals surface area contributed by atoms with Gasteiger partial charge in [0.25, 0.3) is 0 Å². The van der Waals surface area contributed by atoms with Crippen molar-refractivity contribution in [3.63, 3.8) is 0 Å². The van der Waals surface area contributed by atoms with Crippen LogP contribution in [0.3, 0.4) is 0 Å². The van der Waals surface area contributed by atoms with Crippen LogP contribution in [0.25, 0.3) is 0 Å². The van der Waals surface area contributed by atoms with Gasteiger partial charge in [-0.15, -0.1) is 0 Å². The Hall–Kier alpha value is -3.92. The first-order chi connectivity index (χ1) is 19.5. The van der Waals surface area contributed by atoms with Crippen LogP contribution in [0.5, 0.6) is 0 Å². The first-order valence-corrected chi connectivity index (χ1v) is 13.0. The fourth-order valence-corrected chi connectivity index (χ4v) is 2.41. The van der Waals surface area contributed by atoms with Gasteiger partial charge in [-0.1, -0.05) is 32.9 Å². The topological polar surface area (TPSA) is 239 Å². The fourth-order valence-electron chi connectivity index (χ4n) is 2.41. The van der Waals surface area contributed by atoms with Crippen LogP contribution in [0, 0.1) is 10.8 Å². The lowest BCUT2D eigenvalue weighted by atomic mass is 9.90. The minimum absolute atomic E-state index is 0.375. The van der Waals surface area contributed by atoms with Gasteiger partial charge in [0, 0.05) is 30.4 Å². The van der Waals surface area contributed by atoms with E-state index in [1.54, 1.807) is 0 Å². The van der Waals surface area contributed by atoms with E-state index in [2.05, 4.69) is 32.9 Å². The first kappa shape index (κ1) is 40.2. The van der Waals surface area contributed by atoms with Gasteiger partial charge in [0.1, 0.15) is 33.0 Å². The molecule has 0 spiro atoms. The molecule has 0 aliphatic rings. The lowest BCUT2D eigenvalue weighted by Gasteiger charge is -2.34. The van der Waals surface area contributed by atoms with E-state index in [1.807, 2.05) is 0 Å². The molecule has 0 saturated carbocycles. The summed E-state index contributed by atoms with van der Waals surface area (Å²) in [6.07, 6.45) is 4.50. The summed E-state index contributed by atoms with van der Waals surface area (Å²) >= 11 is 0. The van der Waals surface area contributed by atoms with Gasteiger partial charge in [0.15, 0.2) is 0 Å². The van der Waals surface area contributed by atoms with Crippen LogP contribution >= 0.6 is 7.82 Å². The minimum atomic E-state index is -4.64. The molecule has 0 bridgehead atoms. The molecule has 0 radical (unpaired) electrons. The molecule has 0 amide bonds. The average Bonchev–Trinajstić information content (AvgIpc) is 2.96. The van der Waals surface area contributed by atoms with E-state index in [0.717, 1.165) is 30.4 Å². The quantitative estimate of drug-likeness (QED) is 0.0589. The standard InChI is InChI=1S/C25H32O12.H3O4P/c1-6-19(27)33-14-24(11-26,15-34-20(28)7-2)12-32-13-25(16-35-21(29)8-3,17-36-22(30)9-4)18-37-23(31)10-5;1-5(2,3)4/h6-10,26H,1-5,11-18H2;(H3,1,2,3,4). The Balaban J connectivity index is 0. The van der Waals surface area contributed by atoms with Gasteiger partial charge in [-0.2, -0.15) is 0 Å². The maximum absolute atomic E-state index is 11.7. The summed E-state index contributed by atoms with van der Waals surface area (Å²) in [6.45, 7) is 12.8. The maximum atomic E-state index is 11.7. The zero-order valence-electron chi connectivity index (χ0n) is 22.7. The second-order valence-electron chi connectivity index (χ2n) is 8.22. The lowest BCUT2D eigenvalue weighted by Crippen LogP contribution is -2.46. The second-order valence-corrected chi connectivity index (χ2v) is 9.25. The van der Waals surface area contributed by atoms with Crippen molar-refractivity contribution >= 4 is 37.7 Å². The molecule has 17 heteroatoms. The van der Waals surface area contributed by atoms with E-state index in [0.29, 0.717) is 0 Å². The predicted molar refractivity (Wildman–Crippen MR) is 143 cm³/mol. The van der Waals surface area contributed by atoms with E-state index in [-0.39, 0.29) is 13.2 Å². The molecule has 0 aliphatic heterocycles. The number of aliphatic hydroxyl groups excluding tert-OH is 1. The highest BCUT2D eigenvalue weighted by molar-refractivity contribution is 7.45. The number of phosphoric acid groups is 1. The summed E-state index contributed by atoms with van der Waals surface area (Å²) in [5.74, 6) is -4.04. The molecule has 0 fully saturated rings. The number of rotatable bonds is 20. The summed E-state index contributed by atoms with van der Waals surface area (Å²) in [6, 6.07) is 0. The van der Waals surface area contributed by atoms with Crippen LogP contribution < -0.4 is 0 Å². The molecular weight excluding hydrogens is 587 g/mol. The predicted octanol–water partition coefficient (Wildman–Crippen LogP) is -0.314. The highest BCUT2D eigenvalue weighted by Crippen LogP contribution is 2.26. The van der Waals surface area contributed by atoms with E-state index in [1.165, 1.54) is 0 Å². The zero-order chi connectivity index (χ0) is 32.8. The van der Waals surface area contributed by atoms with Crippen molar-refractivity contribution in [3.05, 3.63) is 63.3 Å². The van der Waals surface area contributed by atoms with Crippen molar-refractivity contribution in [2.45, 2.75) is 0 Å². The molecule has 0 heterocycles. The molecule has 0 unspecified atom stereocenters. The Morgan fingerprint density at radius 1 is 0.524 bits per heavy atom. The van der Waals surface area contributed by atoms with Crippen molar-refractivity contribution < 1.29 is 76.7 Å². The number of esters is 5. The van der Waals surface area contributed by atoms with Crippen molar-refractivity contribution in [1.82, 2.24) is 0 Å². The van der Waals surface area contributed by atoms with Crippen molar-refractivity contribution in [3.8, 4) is 0 Å². The fraction of sp³-hybridized carbons (Fsp3) is 0.400. The Bertz CT molecular complexity index is 935.